The molecule has 0 aromatic heterocycles. The number of aliphatic hydroxyl groups is 1. The number of urea groups is 1. The summed E-state index contributed by atoms with van der Waals surface area (Å²) in [6, 6.07) is -0.130. The zero-order chi connectivity index (χ0) is 12.7. The monoisotopic (exact) mass is 262 g/mol. The summed E-state index contributed by atoms with van der Waals surface area (Å²) in [7, 11) is -0.766. The van der Waals surface area contributed by atoms with E-state index in [9.17, 15) is 9.00 Å². The minimum Gasteiger partial charge on any atom is -0.395 e. The molecule has 2 amide bonds. The normalized spacial score (nSPS) is 26.2. The molecular weight excluding hydrogens is 240 g/mol. The van der Waals surface area contributed by atoms with E-state index in [4.69, 9.17) is 5.11 Å². The lowest BCUT2D eigenvalue weighted by Gasteiger charge is -2.29. The molecule has 3 N–H and O–H groups in total. The van der Waals surface area contributed by atoms with Crippen molar-refractivity contribution in [3.63, 3.8) is 0 Å². The molecule has 0 bridgehead atoms. The number of amides is 2. The van der Waals surface area contributed by atoms with Crippen LogP contribution in [0.15, 0.2) is 0 Å². The van der Waals surface area contributed by atoms with Crippen molar-refractivity contribution in [3.05, 3.63) is 0 Å². The van der Waals surface area contributed by atoms with Crippen molar-refractivity contribution in [2.45, 2.75) is 43.9 Å². The summed E-state index contributed by atoms with van der Waals surface area (Å²) >= 11 is 0. The molecule has 3 atom stereocenters. The fourth-order valence-electron chi connectivity index (χ4n) is 2.16. The Morgan fingerprint density at radius 1 is 1.47 bits per heavy atom. The van der Waals surface area contributed by atoms with Gasteiger partial charge in [-0.3, -0.25) is 4.21 Å². The van der Waals surface area contributed by atoms with Crippen LogP contribution in [0.25, 0.3) is 0 Å². The van der Waals surface area contributed by atoms with Crippen molar-refractivity contribution in [2.24, 2.45) is 0 Å². The SMILES string of the molecule is CCS(=O)C1CCCC(NC(=O)NCCO)C1. The summed E-state index contributed by atoms with van der Waals surface area (Å²) in [5.74, 6) is 0.689. The third-order valence-corrected chi connectivity index (χ3v) is 4.76. The van der Waals surface area contributed by atoms with Crippen molar-refractivity contribution < 1.29 is 14.1 Å². The van der Waals surface area contributed by atoms with Crippen molar-refractivity contribution in [2.75, 3.05) is 18.9 Å². The van der Waals surface area contributed by atoms with Crippen molar-refractivity contribution in [1.29, 1.82) is 0 Å². The van der Waals surface area contributed by atoms with Gasteiger partial charge in [0.05, 0.1) is 6.61 Å². The Kier molecular flexibility index (Phi) is 6.50. The van der Waals surface area contributed by atoms with Crippen molar-refractivity contribution >= 4 is 16.8 Å². The molecule has 0 aliphatic heterocycles. The van der Waals surface area contributed by atoms with Crippen LogP contribution in [0.1, 0.15) is 32.6 Å². The van der Waals surface area contributed by atoms with Gasteiger partial charge >= 0.3 is 6.03 Å². The topological polar surface area (TPSA) is 78.4 Å². The van der Waals surface area contributed by atoms with Crippen LogP contribution in [-0.4, -0.2) is 45.5 Å². The fourth-order valence-corrected chi connectivity index (χ4v) is 3.50. The van der Waals surface area contributed by atoms with Gasteiger partial charge in [-0.2, -0.15) is 0 Å². The number of hydrogen-bond acceptors (Lipinski definition) is 3. The maximum Gasteiger partial charge on any atom is 0.315 e. The summed E-state index contributed by atoms with van der Waals surface area (Å²) in [4.78, 5) is 11.4. The summed E-state index contributed by atoms with van der Waals surface area (Å²) in [6.45, 7) is 2.14. The summed E-state index contributed by atoms with van der Waals surface area (Å²) in [5, 5.41) is 14.2. The second-order valence-corrected chi connectivity index (χ2v) is 6.28. The van der Waals surface area contributed by atoms with Gasteiger partial charge < -0.3 is 15.7 Å². The minimum absolute atomic E-state index is 0.0550. The molecule has 1 saturated carbocycles. The molecule has 0 aromatic rings. The fraction of sp³-hybridized carbons (Fsp3) is 0.909. The number of carbonyl (C=O) groups excluding carboxylic acids is 1. The highest BCUT2D eigenvalue weighted by molar-refractivity contribution is 7.85. The van der Waals surface area contributed by atoms with Crippen LogP contribution in [0.3, 0.4) is 0 Å². The number of hydrogen-bond donors (Lipinski definition) is 3. The van der Waals surface area contributed by atoms with Gasteiger partial charge in [0, 0.05) is 34.4 Å². The molecule has 1 rings (SSSR count). The first kappa shape index (κ1) is 14.4. The quantitative estimate of drug-likeness (QED) is 0.669. The maximum absolute atomic E-state index is 11.7. The Labute approximate surface area is 105 Å². The van der Waals surface area contributed by atoms with Gasteiger partial charge in [-0.1, -0.05) is 13.3 Å². The van der Waals surface area contributed by atoms with Gasteiger partial charge in [-0.15, -0.1) is 0 Å². The van der Waals surface area contributed by atoms with Crippen LogP contribution in [0.4, 0.5) is 4.79 Å². The Morgan fingerprint density at radius 3 is 2.88 bits per heavy atom. The van der Waals surface area contributed by atoms with Crippen LogP contribution in [-0.2, 0) is 10.8 Å². The second kappa shape index (κ2) is 7.66. The van der Waals surface area contributed by atoms with E-state index in [1.165, 1.54) is 0 Å². The predicted octanol–water partition coefficient (Wildman–Crippen LogP) is 0.358. The number of carbonyl (C=O) groups is 1. The van der Waals surface area contributed by atoms with Crippen LogP contribution < -0.4 is 10.6 Å². The zero-order valence-electron chi connectivity index (χ0n) is 10.3. The maximum atomic E-state index is 11.7. The smallest absolute Gasteiger partial charge is 0.315 e. The van der Waals surface area contributed by atoms with Crippen LogP contribution in [0.5, 0.6) is 0 Å². The van der Waals surface area contributed by atoms with Gasteiger partial charge in [0.25, 0.3) is 0 Å². The van der Waals surface area contributed by atoms with Crippen molar-refractivity contribution in [1.82, 2.24) is 10.6 Å². The standard InChI is InChI=1S/C11H22N2O3S/c1-2-17(16)10-5-3-4-9(8-10)13-11(15)12-6-7-14/h9-10,14H,2-8H2,1H3,(H2,12,13,15). The highest BCUT2D eigenvalue weighted by atomic mass is 32.2. The Hall–Kier alpha value is -0.620. The largest absolute Gasteiger partial charge is 0.395 e. The highest BCUT2D eigenvalue weighted by Crippen LogP contribution is 2.22. The number of rotatable bonds is 5. The lowest BCUT2D eigenvalue weighted by Crippen LogP contribution is -2.46. The van der Waals surface area contributed by atoms with E-state index in [-0.39, 0.29) is 30.5 Å². The van der Waals surface area contributed by atoms with Gasteiger partial charge in [-0.05, 0) is 19.3 Å². The Balaban J connectivity index is 2.34. The molecule has 5 nitrogen and oxygen atoms in total. The minimum atomic E-state index is -0.766. The van der Waals surface area contributed by atoms with E-state index < -0.39 is 10.8 Å². The molecule has 1 aliphatic carbocycles. The van der Waals surface area contributed by atoms with Gasteiger partial charge in [0.15, 0.2) is 0 Å². The molecule has 0 spiro atoms. The average molecular weight is 262 g/mol. The molecule has 100 valence electrons. The van der Waals surface area contributed by atoms with Crippen LogP contribution in [0.2, 0.25) is 0 Å². The van der Waals surface area contributed by atoms with E-state index in [0.717, 1.165) is 25.7 Å². The van der Waals surface area contributed by atoms with Crippen LogP contribution in [0, 0.1) is 0 Å². The van der Waals surface area contributed by atoms with Gasteiger partial charge in [0.2, 0.25) is 0 Å². The molecule has 1 fully saturated rings. The molecule has 6 heteroatoms. The first-order valence-corrected chi connectivity index (χ1v) is 7.58. The van der Waals surface area contributed by atoms with E-state index in [0.29, 0.717) is 5.75 Å². The molecule has 0 aromatic carbocycles. The lowest BCUT2D eigenvalue weighted by atomic mass is 9.95. The molecule has 0 saturated heterocycles. The Morgan fingerprint density at radius 2 is 2.24 bits per heavy atom. The van der Waals surface area contributed by atoms with Gasteiger partial charge in [0.1, 0.15) is 0 Å². The van der Waals surface area contributed by atoms with Crippen molar-refractivity contribution in [3.8, 4) is 0 Å². The number of nitrogens with one attached hydrogen (secondary N) is 2. The zero-order valence-corrected chi connectivity index (χ0v) is 11.1. The summed E-state index contributed by atoms with van der Waals surface area (Å²) in [5.41, 5.74) is 0. The van der Waals surface area contributed by atoms with E-state index >= 15 is 0 Å². The third-order valence-electron chi connectivity index (χ3n) is 3.01. The molecule has 3 unspecified atom stereocenters. The van der Waals surface area contributed by atoms with E-state index in [1.807, 2.05) is 6.92 Å². The predicted molar refractivity (Wildman–Crippen MR) is 68.3 cm³/mol. The molecule has 0 heterocycles. The summed E-state index contributed by atoms with van der Waals surface area (Å²) in [6.07, 6.45) is 3.76. The first-order valence-electron chi connectivity index (χ1n) is 6.19. The van der Waals surface area contributed by atoms with E-state index in [2.05, 4.69) is 10.6 Å². The summed E-state index contributed by atoms with van der Waals surface area (Å²) < 4.78 is 11.7. The molecule has 17 heavy (non-hydrogen) atoms. The molecule has 1 aliphatic rings. The second-order valence-electron chi connectivity index (χ2n) is 4.28. The first-order chi connectivity index (χ1) is 8.17. The van der Waals surface area contributed by atoms with Gasteiger partial charge in [-0.25, -0.2) is 4.79 Å². The lowest BCUT2D eigenvalue weighted by molar-refractivity contribution is 0.227. The molecule has 0 radical (unpaired) electrons. The Bertz CT molecular complexity index is 273. The number of aliphatic hydroxyl groups excluding tert-OH is 1. The highest BCUT2D eigenvalue weighted by Gasteiger charge is 2.26. The van der Waals surface area contributed by atoms with E-state index in [1.54, 1.807) is 0 Å². The third kappa shape index (κ3) is 5.04. The van der Waals surface area contributed by atoms with Crippen LogP contribution >= 0.6 is 0 Å². The average Bonchev–Trinajstić information content (AvgIpc) is 2.35. The molecular formula is C11H22N2O3S.